The highest BCUT2D eigenvalue weighted by Crippen LogP contribution is 2.25. The number of nitrogens with one attached hydrogen (secondary N) is 1. The molecule has 2 aromatic carbocycles. The number of hydrogen-bond donors (Lipinski definition) is 1. The second kappa shape index (κ2) is 10.3. The van der Waals surface area contributed by atoms with Gasteiger partial charge in [-0.05, 0) is 42.8 Å². The van der Waals surface area contributed by atoms with Gasteiger partial charge < -0.3 is 10.1 Å². The second-order valence-corrected chi connectivity index (χ2v) is 6.59. The molecule has 5 nitrogen and oxygen atoms in total. The molecule has 1 amide bonds. The molecule has 2 rings (SSSR count). The molecule has 0 saturated carbocycles. The van der Waals surface area contributed by atoms with Crippen molar-refractivity contribution in [2.75, 3.05) is 25.0 Å². The van der Waals surface area contributed by atoms with Crippen molar-refractivity contribution >= 4 is 40.8 Å². The Labute approximate surface area is 167 Å². The summed E-state index contributed by atoms with van der Waals surface area (Å²) < 4.78 is 18.0. The van der Waals surface area contributed by atoms with Gasteiger partial charge in [0.15, 0.2) is 0 Å². The number of halogens is 3. The van der Waals surface area contributed by atoms with Crippen LogP contribution in [0.1, 0.15) is 12.5 Å². The van der Waals surface area contributed by atoms with E-state index in [1.54, 1.807) is 36.1 Å². The molecule has 0 aliphatic heterocycles. The van der Waals surface area contributed by atoms with E-state index in [2.05, 4.69) is 5.32 Å². The molecule has 0 aliphatic rings. The van der Waals surface area contributed by atoms with Crippen LogP contribution in [0, 0.1) is 5.82 Å². The lowest BCUT2D eigenvalue weighted by atomic mass is 10.2. The minimum Gasteiger partial charge on any atom is -0.465 e. The first-order valence-electron chi connectivity index (χ1n) is 8.24. The van der Waals surface area contributed by atoms with Gasteiger partial charge in [0.05, 0.1) is 30.4 Å². The molecule has 0 aliphatic carbocycles. The zero-order valence-corrected chi connectivity index (χ0v) is 16.2. The standard InChI is InChI=1S/C19H19Cl2FN2O3/c1-2-27-19(26)12-24(10-13-3-6-15(22)7-4-13)11-18(25)23-17-9-14(20)5-8-16(17)21/h3-9H,2,10-12H2,1H3,(H,23,25). The molecule has 0 fully saturated rings. The molecule has 0 saturated heterocycles. The van der Waals surface area contributed by atoms with Gasteiger partial charge in [0.25, 0.3) is 0 Å². The van der Waals surface area contributed by atoms with Crippen molar-refractivity contribution in [3.8, 4) is 0 Å². The summed E-state index contributed by atoms with van der Waals surface area (Å²) in [4.78, 5) is 25.8. The lowest BCUT2D eigenvalue weighted by Crippen LogP contribution is -2.37. The Hall–Kier alpha value is -2.15. The molecule has 144 valence electrons. The van der Waals surface area contributed by atoms with Crippen LogP contribution in [0.4, 0.5) is 10.1 Å². The van der Waals surface area contributed by atoms with Crippen LogP contribution in [0.25, 0.3) is 0 Å². The first kappa shape index (κ1) is 21.2. The van der Waals surface area contributed by atoms with Gasteiger partial charge in [-0.2, -0.15) is 0 Å². The van der Waals surface area contributed by atoms with Crippen molar-refractivity contribution in [3.05, 3.63) is 63.9 Å². The third kappa shape index (κ3) is 7.17. The van der Waals surface area contributed by atoms with E-state index in [1.807, 2.05) is 0 Å². The smallest absolute Gasteiger partial charge is 0.320 e. The van der Waals surface area contributed by atoms with E-state index in [0.717, 1.165) is 5.56 Å². The van der Waals surface area contributed by atoms with Crippen LogP contribution in [-0.4, -0.2) is 36.5 Å². The molecular weight excluding hydrogens is 394 g/mol. The molecule has 0 aromatic heterocycles. The van der Waals surface area contributed by atoms with Crippen LogP contribution >= 0.6 is 23.2 Å². The number of amides is 1. The predicted octanol–water partition coefficient (Wildman–Crippen LogP) is 4.14. The van der Waals surface area contributed by atoms with Gasteiger partial charge >= 0.3 is 5.97 Å². The third-order valence-corrected chi connectivity index (χ3v) is 4.11. The first-order chi connectivity index (χ1) is 12.9. The maximum absolute atomic E-state index is 13.1. The second-order valence-electron chi connectivity index (χ2n) is 5.75. The van der Waals surface area contributed by atoms with Gasteiger partial charge in [0.1, 0.15) is 5.82 Å². The third-order valence-electron chi connectivity index (χ3n) is 3.55. The number of carbonyl (C=O) groups is 2. The highest BCUT2D eigenvalue weighted by molar-refractivity contribution is 6.35. The monoisotopic (exact) mass is 412 g/mol. The maximum atomic E-state index is 13.1. The Kier molecular flexibility index (Phi) is 8.03. The summed E-state index contributed by atoms with van der Waals surface area (Å²) in [7, 11) is 0. The van der Waals surface area contributed by atoms with Crippen molar-refractivity contribution < 1.29 is 18.7 Å². The van der Waals surface area contributed by atoms with E-state index >= 15 is 0 Å². The average molecular weight is 413 g/mol. The Bertz CT molecular complexity index is 800. The quantitative estimate of drug-likeness (QED) is 0.661. The lowest BCUT2D eigenvalue weighted by Gasteiger charge is -2.21. The Morgan fingerprint density at radius 1 is 1.11 bits per heavy atom. The molecule has 0 heterocycles. The largest absolute Gasteiger partial charge is 0.465 e. The normalized spacial score (nSPS) is 10.7. The molecule has 27 heavy (non-hydrogen) atoms. The average Bonchev–Trinajstić information content (AvgIpc) is 2.60. The zero-order chi connectivity index (χ0) is 19.8. The van der Waals surface area contributed by atoms with E-state index < -0.39 is 5.97 Å². The van der Waals surface area contributed by atoms with E-state index in [9.17, 15) is 14.0 Å². The van der Waals surface area contributed by atoms with Crippen molar-refractivity contribution in [2.45, 2.75) is 13.5 Å². The SMILES string of the molecule is CCOC(=O)CN(CC(=O)Nc1cc(Cl)ccc1Cl)Cc1ccc(F)cc1. The van der Waals surface area contributed by atoms with Crippen molar-refractivity contribution in [3.63, 3.8) is 0 Å². The fourth-order valence-corrected chi connectivity index (χ4v) is 2.73. The van der Waals surface area contributed by atoms with Crippen molar-refractivity contribution in [2.24, 2.45) is 0 Å². The highest BCUT2D eigenvalue weighted by Gasteiger charge is 2.17. The summed E-state index contributed by atoms with van der Waals surface area (Å²) in [5.41, 5.74) is 1.14. The van der Waals surface area contributed by atoms with Crippen LogP contribution in [0.15, 0.2) is 42.5 Å². The fraction of sp³-hybridized carbons (Fsp3) is 0.263. The number of carbonyl (C=O) groups excluding carboxylic acids is 2. The van der Waals surface area contributed by atoms with Gasteiger partial charge in [-0.1, -0.05) is 35.3 Å². The molecule has 0 atom stereocenters. The lowest BCUT2D eigenvalue weighted by molar-refractivity contribution is -0.144. The summed E-state index contributed by atoms with van der Waals surface area (Å²) in [5.74, 6) is -1.18. The van der Waals surface area contributed by atoms with Crippen LogP contribution in [-0.2, 0) is 20.9 Å². The predicted molar refractivity (Wildman–Crippen MR) is 103 cm³/mol. The Morgan fingerprint density at radius 3 is 2.48 bits per heavy atom. The zero-order valence-electron chi connectivity index (χ0n) is 14.7. The Balaban J connectivity index is 2.07. The summed E-state index contributed by atoms with van der Waals surface area (Å²) in [6, 6.07) is 10.6. The maximum Gasteiger partial charge on any atom is 0.320 e. The van der Waals surface area contributed by atoms with Crippen LogP contribution in [0.2, 0.25) is 10.0 Å². The molecule has 0 spiro atoms. The van der Waals surface area contributed by atoms with Gasteiger partial charge in [-0.15, -0.1) is 0 Å². The molecule has 2 aromatic rings. The van der Waals surface area contributed by atoms with Gasteiger partial charge in [0.2, 0.25) is 5.91 Å². The minimum atomic E-state index is -0.451. The summed E-state index contributed by atoms with van der Waals surface area (Å²) in [6.45, 7) is 2.06. The topological polar surface area (TPSA) is 58.6 Å². The van der Waals surface area contributed by atoms with Crippen LogP contribution in [0.3, 0.4) is 0 Å². The number of nitrogens with zero attached hydrogens (tertiary/aromatic N) is 1. The summed E-state index contributed by atoms with van der Waals surface area (Å²) >= 11 is 12.0. The van der Waals surface area contributed by atoms with E-state index in [4.69, 9.17) is 27.9 Å². The first-order valence-corrected chi connectivity index (χ1v) is 9.00. The summed E-state index contributed by atoms with van der Waals surface area (Å²) in [5, 5.41) is 3.46. The molecule has 0 bridgehead atoms. The Morgan fingerprint density at radius 2 is 1.81 bits per heavy atom. The highest BCUT2D eigenvalue weighted by atomic mass is 35.5. The van der Waals surface area contributed by atoms with Crippen molar-refractivity contribution in [1.82, 2.24) is 4.90 Å². The fourth-order valence-electron chi connectivity index (χ4n) is 2.39. The van der Waals surface area contributed by atoms with E-state index in [0.29, 0.717) is 15.7 Å². The molecule has 0 unspecified atom stereocenters. The van der Waals surface area contributed by atoms with Gasteiger partial charge in [-0.3, -0.25) is 14.5 Å². The number of rotatable bonds is 8. The molecular formula is C19H19Cl2FN2O3. The molecule has 0 radical (unpaired) electrons. The molecule has 1 N–H and O–H groups in total. The summed E-state index contributed by atoms with van der Waals surface area (Å²) in [6.07, 6.45) is 0. The van der Waals surface area contributed by atoms with Crippen molar-refractivity contribution in [1.29, 1.82) is 0 Å². The minimum absolute atomic E-state index is 0.0814. The number of anilines is 1. The molecule has 8 heteroatoms. The van der Waals surface area contributed by atoms with Gasteiger partial charge in [0, 0.05) is 11.6 Å². The number of esters is 1. The number of benzene rings is 2. The van der Waals surface area contributed by atoms with Crippen LogP contribution < -0.4 is 5.32 Å². The van der Waals surface area contributed by atoms with E-state index in [-0.39, 0.29) is 38.0 Å². The van der Waals surface area contributed by atoms with E-state index in [1.165, 1.54) is 18.2 Å². The number of hydrogen-bond acceptors (Lipinski definition) is 4. The van der Waals surface area contributed by atoms with Gasteiger partial charge in [-0.25, -0.2) is 4.39 Å². The van der Waals surface area contributed by atoms with Crippen LogP contribution in [0.5, 0.6) is 0 Å². The number of ether oxygens (including phenoxy) is 1.